The molecule has 1 amide bonds. The third kappa shape index (κ3) is 4.03. The molecule has 0 radical (unpaired) electrons. The van der Waals surface area contributed by atoms with E-state index in [1.54, 1.807) is 11.8 Å². The van der Waals surface area contributed by atoms with Gasteiger partial charge in [-0.3, -0.25) is 4.79 Å². The second kappa shape index (κ2) is 8.08. The van der Waals surface area contributed by atoms with Crippen molar-refractivity contribution < 1.29 is 9.53 Å². The molecule has 1 aromatic heterocycles. The Bertz CT molecular complexity index is 960. The summed E-state index contributed by atoms with van der Waals surface area (Å²) < 4.78 is 7.05. The number of nitrogens with zero attached hydrogens (tertiary/aromatic N) is 2. The summed E-state index contributed by atoms with van der Waals surface area (Å²) in [7, 11) is 1.64. The Kier molecular flexibility index (Phi) is 5.60. The minimum absolute atomic E-state index is 0.126. The lowest BCUT2D eigenvalue weighted by atomic mass is 10.1. The second-order valence-corrected chi connectivity index (χ2v) is 6.60. The third-order valence-electron chi connectivity index (χ3n) is 4.42. The van der Waals surface area contributed by atoms with Crippen LogP contribution in [0.4, 0.5) is 0 Å². The van der Waals surface area contributed by atoms with E-state index in [2.05, 4.69) is 18.3 Å². The molecule has 0 unspecified atom stereocenters. The van der Waals surface area contributed by atoms with Crippen LogP contribution < -0.4 is 10.1 Å². The molecule has 0 atom stereocenters. The zero-order valence-corrected chi connectivity index (χ0v) is 16.2. The monoisotopic (exact) mass is 363 g/mol. The Labute approximate surface area is 160 Å². The number of carbonyl (C=O) groups is 1. The summed E-state index contributed by atoms with van der Waals surface area (Å²) in [5.41, 5.74) is 5.30. The fraction of sp³-hybridized carbons (Fsp3) is 0.273. The lowest BCUT2D eigenvalue weighted by Gasteiger charge is -2.11. The van der Waals surface area contributed by atoms with Crippen LogP contribution in [-0.4, -0.2) is 29.3 Å². The van der Waals surface area contributed by atoms with Crippen molar-refractivity contribution in [2.45, 2.75) is 27.2 Å². The van der Waals surface area contributed by atoms with Gasteiger partial charge in [-0.25, -0.2) is 4.68 Å². The normalized spacial score (nSPS) is 10.7. The number of aryl methyl sites for hydroxylation is 2. The molecule has 3 rings (SSSR count). The number of benzene rings is 2. The van der Waals surface area contributed by atoms with Crippen molar-refractivity contribution >= 4 is 5.91 Å². The first-order chi connectivity index (χ1) is 13.0. The lowest BCUT2D eigenvalue weighted by Crippen LogP contribution is -2.26. The summed E-state index contributed by atoms with van der Waals surface area (Å²) in [6, 6.07) is 15.6. The molecule has 27 heavy (non-hydrogen) atoms. The van der Waals surface area contributed by atoms with Crippen LogP contribution in [0.15, 0.2) is 48.5 Å². The number of methoxy groups -OCH3 is 1. The van der Waals surface area contributed by atoms with E-state index in [-0.39, 0.29) is 5.91 Å². The van der Waals surface area contributed by atoms with Gasteiger partial charge in [-0.05, 0) is 50.1 Å². The zero-order chi connectivity index (χ0) is 19.4. The van der Waals surface area contributed by atoms with Crippen molar-refractivity contribution in [2.75, 3.05) is 13.7 Å². The summed E-state index contributed by atoms with van der Waals surface area (Å²) in [5, 5.41) is 7.70. The van der Waals surface area contributed by atoms with Gasteiger partial charge in [-0.2, -0.15) is 5.10 Å². The summed E-state index contributed by atoms with van der Waals surface area (Å²) >= 11 is 0. The SMILES string of the molecule is CCCNC(=O)c1cc(-c2cccc(OC)c2)nn1-c1ccc(C)cc1C. The number of hydrogen-bond acceptors (Lipinski definition) is 3. The van der Waals surface area contributed by atoms with Crippen molar-refractivity contribution in [3.05, 3.63) is 65.4 Å². The fourth-order valence-electron chi connectivity index (χ4n) is 3.02. The fourth-order valence-corrected chi connectivity index (χ4v) is 3.02. The molecule has 0 spiro atoms. The highest BCUT2D eigenvalue weighted by Crippen LogP contribution is 2.26. The van der Waals surface area contributed by atoms with Crippen LogP contribution in [0, 0.1) is 13.8 Å². The molecule has 0 fully saturated rings. The third-order valence-corrected chi connectivity index (χ3v) is 4.42. The smallest absolute Gasteiger partial charge is 0.270 e. The number of aromatic nitrogens is 2. The maximum absolute atomic E-state index is 12.7. The summed E-state index contributed by atoms with van der Waals surface area (Å²) in [6.45, 7) is 6.74. The molecule has 0 aliphatic heterocycles. The van der Waals surface area contributed by atoms with Gasteiger partial charge in [0.25, 0.3) is 5.91 Å². The first-order valence-corrected chi connectivity index (χ1v) is 9.13. The Morgan fingerprint density at radius 3 is 2.67 bits per heavy atom. The average Bonchev–Trinajstić information content (AvgIpc) is 3.11. The van der Waals surface area contributed by atoms with Crippen LogP contribution in [0.3, 0.4) is 0 Å². The van der Waals surface area contributed by atoms with Crippen LogP contribution in [-0.2, 0) is 0 Å². The van der Waals surface area contributed by atoms with Crippen LogP contribution in [0.25, 0.3) is 16.9 Å². The minimum atomic E-state index is -0.126. The van der Waals surface area contributed by atoms with E-state index < -0.39 is 0 Å². The molecule has 0 aliphatic rings. The quantitative estimate of drug-likeness (QED) is 0.710. The minimum Gasteiger partial charge on any atom is -0.497 e. The van der Waals surface area contributed by atoms with Gasteiger partial charge in [0.15, 0.2) is 0 Å². The molecule has 2 aromatic carbocycles. The summed E-state index contributed by atoms with van der Waals surface area (Å²) in [4.78, 5) is 12.7. The molecule has 1 heterocycles. The van der Waals surface area contributed by atoms with Gasteiger partial charge in [-0.1, -0.05) is 36.8 Å². The summed E-state index contributed by atoms with van der Waals surface area (Å²) in [5.74, 6) is 0.629. The molecule has 0 saturated carbocycles. The molecule has 0 aliphatic carbocycles. The van der Waals surface area contributed by atoms with E-state index in [0.29, 0.717) is 12.2 Å². The van der Waals surface area contributed by atoms with Gasteiger partial charge < -0.3 is 10.1 Å². The largest absolute Gasteiger partial charge is 0.497 e. The number of rotatable bonds is 6. The van der Waals surface area contributed by atoms with Crippen molar-refractivity contribution in [3.63, 3.8) is 0 Å². The first-order valence-electron chi connectivity index (χ1n) is 9.13. The molecule has 0 saturated heterocycles. The number of carbonyl (C=O) groups excluding carboxylic acids is 1. The zero-order valence-electron chi connectivity index (χ0n) is 16.2. The average molecular weight is 363 g/mol. The maximum atomic E-state index is 12.7. The highest BCUT2D eigenvalue weighted by Gasteiger charge is 2.18. The number of ether oxygens (including phenoxy) is 1. The van der Waals surface area contributed by atoms with Crippen molar-refractivity contribution in [1.29, 1.82) is 0 Å². The second-order valence-electron chi connectivity index (χ2n) is 6.60. The molecule has 140 valence electrons. The van der Waals surface area contributed by atoms with Crippen molar-refractivity contribution in [1.82, 2.24) is 15.1 Å². The van der Waals surface area contributed by atoms with Crippen LogP contribution in [0.2, 0.25) is 0 Å². The van der Waals surface area contributed by atoms with Crippen molar-refractivity contribution in [2.24, 2.45) is 0 Å². The molecular weight excluding hydrogens is 338 g/mol. The predicted octanol–water partition coefficient (Wildman–Crippen LogP) is 4.30. The number of amides is 1. The van der Waals surface area contributed by atoms with Gasteiger partial charge in [0.2, 0.25) is 0 Å². The summed E-state index contributed by atoms with van der Waals surface area (Å²) in [6.07, 6.45) is 0.881. The van der Waals surface area contributed by atoms with Gasteiger partial charge >= 0.3 is 0 Å². The van der Waals surface area contributed by atoms with Gasteiger partial charge in [0.05, 0.1) is 18.5 Å². The molecule has 3 aromatic rings. The molecule has 5 heteroatoms. The van der Waals surface area contributed by atoms with Crippen LogP contribution >= 0.6 is 0 Å². The van der Waals surface area contributed by atoms with E-state index in [4.69, 9.17) is 9.84 Å². The molecule has 1 N–H and O–H groups in total. The Hall–Kier alpha value is -3.08. The van der Waals surface area contributed by atoms with E-state index in [1.807, 2.05) is 56.3 Å². The Morgan fingerprint density at radius 1 is 1.15 bits per heavy atom. The van der Waals surface area contributed by atoms with Crippen LogP contribution in [0.5, 0.6) is 5.75 Å². The van der Waals surface area contributed by atoms with Crippen LogP contribution in [0.1, 0.15) is 35.0 Å². The Morgan fingerprint density at radius 2 is 1.96 bits per heavy atom. The highest BCUT2D eigenvalue weighted by molar-refractivity contribution is 5.94. The molecular formula is C22H25N3O2. The van der Waals surface area contributed by atoms with Gasteiger partial charge in [0, 0.05) is 12.1 Å². The predicted molar refractivity (Wildman–Crippen MR) is 108 cm³/mol. The number of nitrogens with one attached hydrogen (secondary N) is 1. The van der Waals surface area contributed by atoms with E-state index >= 15 is 0 Å². The topological polar surface area (TPSA) is 56.1 Å². The van der Waals surface area contributed by atoms with E-state index in [1.165, 1.54) is 5.56 Å². The Balaban J connectivity index is 2.12. The van der Waals surface area contributed by atoms with Gasteiger partial charge in [-0.15, -0.1) is 0 Å². The lowest BCUT2D eigenvalue weighted by molar-refractivity contribution is 0.0946. The van der Waals surface area contributed by atoms with E-state index in [0.717, 1.165) is 34.7 Å². The standard InChI is InChI=1S/C22H25N3O2/c1-5-11-23-22(26)21-14-19(17-7-6-8-18(13-17)27-4)24-25(21)20-10-9-15(2)12-16(20)3/h6-10,12-14H,5,11H2,1-4H3,(H,23,26). The molecule has 5 nitrogen and oxygen atoms in total. The van der Waals surface area contributed by atoms with E-state index in [9.17, 15) is 4.79 Å². The van der Waals surface area contributed by atoms with Gasteiger partial charge in [0.1, 0.15) is 11.4 Å². The first kappa shape index (κ1) is 18.7. The maximum Gasteiger partial charge on any atom is 0.270 e. The van der Waals surface area contributed by atoms with Crippen molar-refractivity contribution in [3.8, 4) is 22.7 Å². The number of hydrogen-bond donors (Lipinski definition) is 1. The molecule has 0 bridgehead atoms. The highest BCUT2D eigenvalue weighted by atomic mass is 16.5.